The standard InChI is InChI=1S/C21H24N2O2/c24-21(18-8-11-22-12-9-18)23-13-10-20(25-15-17-6-7-17)19(23)14-16-4-2-1-3-5-16/h1-5,8-9,11-12,17,19-20H,6-7,10,13-15H2/t19-,20+/m0/s1. The van der Waals surface area contributed by atoms with E-state index in [0.717, 1.165) is 31.9 Å². The van der Waals surface area contributed by atoms with E-state index in [-0.39, 0.29) is 18.1 Å². The van der Waals surface area contributed by atoms with Crippen LogP contribution >= 0.6 is 0 Å². The maximum absolute atomic E-state index is 13.0. The molecule has 1 saturated carbocycles. The first kappa shape index (κ1) is 16.3. The van der Waals surface area contributed by atoms with E-state index in [1.807, 2.05) is 11.0 Å². The summed E-state index contributed by atoms with van der Waals surface area (Å²) in [6.45, 7) is 1.60. The number of hydrogen-bond donors (Lipinski definition) is 0. The number of likely N-dealkylation sites (tertiary alicyclic amines) is 1. The molecule has 0 N–H and O–H groups in total. The molecule has 130 valence electrons. The minimum atomic E-state index is 0.0841. The highest BCUT2D eigenvalue weighted by Crippen LogP contribution is 2.32. The second-order valence-corrected chi connectivity index (χ2v) is 7.10. The number of amides is 1. The van der Waals surface area contributed by atoms with E-state index in [9.17, 15) is 4.79 Å². The Labute approximate surface area is 148 Å². The van der Waals surface area contributed by atoms with Crippen LogP contribution in [0.2, 0.25) is 0 Å². The van der Waals surface area contributed by atoms with Crippen molar-refractivity contribution in [1.29, 1.82) is 0 Å². The molecule has 2 aliphatic rings. The van der Waals surface area contributed by atoms with Crippen molar-refractivity contribution in [3.63, 3.8) is 0 Å². The summed E-state index contributed by atoms with van der Waals surface area (Å²) in [5, 5.41) is 0. The molecule has 2 atom stereocenters. The van der Waals surface area contributed by atoms with Gasteiger partial charge in [0.05, 0.1) is 12.1 Å². The monoisotopic (exact) mass is 336 g/mol. The Kier molecular flexibility index (Phi) is 4.79. The lowest BCUT2D eigenvalue weighted by Crippen LogP contribution is -2.42. The summed E-state index contributed by atoms with van der Waals surface area (Å²) in [4.78, 5) is 19.0. The lowest BCUT2D eigenvalue weighted by atomic mass is 10.0. The molecule has 2 fully saturated rings. The molecular formula is C21H24N2O2. The van der Waals surface area contributed by atoms with E-state index in [1.54, 1.807) is 24.5 Å². The van der Waals surface area contributed by atoms with Gasteiger partial charge >= 0.3 is 0 Å². The number of benzene rings is 1. The zero-order valence-electron chi connectivity index (χ0n) is 14.4. The molecule has 0 unspecified atom stereocenters. The molecule has 1 aromatic carbocycles. The van der Waals surface area contributed by atoms with Crippen LogP contribution in [0, 0.1) is 5.92 Å². The molecule has 0 radical (unpaired) electrons. The summed E-state index contributed by atoms with van der Waals surface area (Å²) in [5.74, 6) is 0.822. The van der Waals surface area contributed by atoms with E-state index < -0.39 is 0 Å². The molecule has 1 aliphatic heterocycles. The van der Waals surface area contributed by atoms with E-state index >= 15 is 0 Å². The fourth-order valence-corrected chi connectivity index (χ4v) is 3.57. The average molecular weight is 336 g/mol. The lowest BCUT2D eigenvalue weighted by Gasteiger charge is -2.28. The van der Waals surface area contributed by atoms with Gasteiger partial charge in [-0.05, 0) is 49.3 Å². The van der Waals surface area contributed by atoms with Crippen LogP contribution in [0.15, 0.2) is 54.9 Å². The van der Waals surface area contributed by atoms with Gasteiger partial charge in [-0.1, -0.05) is 30.3 Å². The number of carbonyl (C=O) groups excluding carboxylic acids is 1. The molecule has 2 aromatic rings. The van der Waals surface area contributed by atoms with Gasteiger partial charge in [-0.3, -0.25) is 9.78 Å². The summed E-state index contributed by atoms with van der Waals surface area (Å²) >= 11 is 0. The van der Waals surface area contributed by atoms with Gasteiger partial charge < -0.3 is 9.64 Å². The summed E-state index contributed by atoms with van der Waals surface area (Å²) in [5.41, 5.74) is 1.96. The topological polar surface area (TPSA) is 42.4 Å². The minimum absolute atomic E-state index is 0.0841. The van der Waals surface area contributed by atoms with Gasteiger partial charge in [0.1, 0.15) is 0 Å². The molecule has 25 heavy (non-hydrogen) atoms. The fraction of sp³-hybridized carbons (Fsp3) is 0.429. The van der Waals surface area contributed by atoms with Crippen LogP contribution in [-0.2, 0) is 11.2 Å². The molecule has 4 rings (SSSR count). The molecule has 1 aliphatic carbocycles. The van der Waals surface area contributed by atoms with Crippen molar-refractivity contribution in [3.8, 4) is 0 Å². The van der Waals surface area contributed by atoms with Crippen LogP contribution in [0.3, 0.4) is 0 Å². The predicted molar refractivity (Wildman–Crippen MR) is 96.3 cm³/mol. The van der Waals surface area contributed by atoms with Crippen molar-refractivity contribution in [2.75, 3.05) is 13.2 Å². The second-order valence-electron chi connectivity index (χ2n) is 7.10. The van der Waals surface area contributed by atoms with Crippen LogP contribution in [0.4, 0.5) is 0 Å². The normalized spacial score (nSPS) is 23.0. The Morgan fingerprint density at radius 3 is 2.56 bits per heavy atom. The minimum Gasteiger partial charge on any atom is -0.376 e. The highest BCUT2D eigenvalue weighted by Gasteiger charge is 2.38. The molecule has 0 bridgehead atoms. The summed E-state index contributed by atoms with van der Waals surface area (Å²) in [6.07, 6.45) is 7.82. The Morgan fingerprint density at radius 2 is 1.84 bits per heavy atom. The Balaban J connectivity index is 1.52. The van der Waals surface area contributed by atoms with Crippen molar-refractivity contribution < 1.29 is 9.53 Å². The SMILES string of the molecule is O=C(c1ccncc1)N1CC[C@@H](OCC2CC2)[C@@H]1Cc1ccccc1. The maximum atomic E-state index is 13.0. The van der Waals surface area contributed by atoms with E-state index in [1.165, 1.54) is 18.4 Å². The summed E-state index contributed by atoms with van der Waals surface area (Å²) < 4.78 is 6.22. The van der Waals surface area contributed by atoms with Gasteiger partial charge in [0.15, 0.2) is 0 Å². The number of rotatable bonds is 6. The second kappa shape index (κ2) is 7.36. The van der Waals surface area contributed by atoms with Gasteiger partial charge in [0, 0.05) is 31.1 Å². The molecule has 4 heteroatoms. The van der Waals surface area contributed by atoms with Gasteiger partial charge in [0.25, 0.3) is 5.91 Å². The van der Waals surface area contributed by atoms with Crippen LogP contribution < -0.4 is 0 Å². The number of ether oxygens (including phenoxy) is 1. The van der Waals surface area contributed by atoms with Gasteiger partial charge in [0.2, 0.25) is 0 Å². The molecule has 1 saturated heterocycles. The number of aromatic nitrogens is 1. The Morgan fingerprint density at radius 1 is 1.08 bits per heavy atom. The largest absolute Gasteiger partial charge is 0.376 e. The zero-order chi connectivity index (χ0) is 17.1. The van der Waals surface area contributed by atoms with E-state index in [2.05, 4.69) is 29.2 Å². The fourth-order valence-electron chi connectivity index (χ4n) is 3.57. The van der Waals surface area contributed by atoms with Crippen LogP contribution in [0.1, 0.15) is 35.2 Å². The smallest absolute Gasteiger partial charge is 0.254 e. The number of hydrogen-bond acceptors (Lipinski definition) is 3. The number of pyridine rings is 1. The average Bonchev–Trinajstić information content (AvgIpc) is 3.42. The Bertz CT molecular complexity index is 700. The van der Waals surface area contributed by atoms with E-state index in [0.29, 0.717) is 5.56 Å². The summed E-state index contributed by atoms with van der Waals surface area (Å²) in [6, 6.07) is 14.1. The van der Waals surface area contributed by atoms with Crippen LogP contribution in [-0.4, -0.2) is 41.1 Å². The molecule has 2 heterocycles. The highest BCUT2D eigenvalue weighted by molar-refractivity contribution is 5.94. The third-order valence-corrected chi connectivity index (χ3v) is 5.20. The molecule has 1 aromatic heterocycles. The molecule has 4 nitrogen and oxygen atoms in total. The van der Waals surface area contributed by atoms with Crippen LogP contribution in [0.5, 0.6) is 0 Å². The van der Waals surface area contributed by atoms with Crippen LogP contribution in [0.25, 0.3) is 0 Å². The Hall–Kier alpha value is -2.20. The quantitative estimate of drug-likeness (QED) is 0.812. The number of nitrogens with zero attached hydrogens (tertiary/aromatic N) is 2. The van der Waals surface area contributed by atoms with Crippen molar-refractivity contribution in [2.24, 2.45) is 5.92 Å². The highest BCUT2D eigenvalue weighted by atomic mass is 16.5. The van der Waals surface area contributed by atoms with Crippen molar-refractivity contribution >= 4 is 5.91 Å². The van der Waals surface area contributed by atoms with E-state index in [4.69, 9.17) is 4.74 Å². The van der Waals surface area contributed by atoms with Gasteiger partial charge in [-0.2, -0.15) is 0 Å². The number of carbonyl (C=O) groups is 1. The first-order chi connectivity index (χ1) is 12.3. The van der Waals surface area contributed by atoms with Crippen molar-refractivity contribution in [3.05, 3.63) is 66.0 Å². The van der Waals surface area contributed by atoms with Crippen molar-refractivity contribution in [1.82, 2.24) is 9.88 Å². The van der Waals surface area contributed by atoms with Gasteiger partial charge in [-0.25, -0.2) is 0 Å². The maximum Gasteiger partial charge on any atom is 0.254 e. The first-order valence-electron chi connectivity index (χ1n) is 9.18. The molecular weight excluding hydrogens is 312 g/mol. The third-order valence-electron chi connectivity index (χ3n) is 5.20. The molecule has 1 amide bonds. The first-order valence-corrected chi connectivity index (χ1v) is 9.18. The van der Waals surface area contributed by atoms with Crippen molar-refractivity contribution in [2.45, 2.75) is 37.8 Å². The van der Waals surface area contributed by atoms with Gasteiger partial charge in [-0.15, -0.1) is 0 Å². The third kappa shape index (κ3) is 3.90. The summed E-state index contributed by atoms with van der Waals surface area (Å²) in [7, 11) is 0. The predicted octanol–water partition coefficient (Wildman–Crippen LogP) is 3.33. The molecule has 0 spiro atoms. The lowest BCUT2D eigenvalue weighted by molar-refractivity contribution is 0.0200. The zero-order valence-corrected chi connectivity index (χ0v) is 14.4.